The fourth-order valence-corrected chi connectivity index (χ4v) is 3.68. The number of carbonyl (C=O) groups excluding carboxylic acids is 1. The van der Waals surface area contributed by atoms with Gasteiger partial charge in [0.25, 0.3) is 0 Å². The zero-order valence-corrected chi connectivity index (χ0v) is 19.6. The molecule has 7 heteroatoms. The molecule has 2 heterocycles. The Kier molecular flexibility index (Phi) is 7.56. The topological polar surface area (TPSA) is 104 Å². The first-order valence-electron chi connectivity index (χ1n) is 11.4. The predicted molar refractivity (Wildman–Crippen MR) is 135 cm³/mol. The molecule has 174 valence electrons. The maximum atomic E-state index is 13.3. The number of aryl methyl sites for hydroxylation is 1. The van der Waals surface area contributed by atoms with Gasteiger partial charge in [-0.25, -0.2) is 4.98 Å². The van der Waals surface area contributed by atoms with E-state index in [1.807, 2.05) is 79.7 Å². The maximum Gasteiger partial charge on any atom is 0.247 e. The second-order valence-electron chi connectivity index (χ2n) is 8.37. The molecule has 2 unspecified atom stereocenters. The number of pyridine rings is 1. The summed E-state index contributed by atoms with van der Waals surface area (Å²) >= 11 is 0. The molecule has 0 radical (unpaired) electrons. The molecule has 0 aliphatic carbocycles. The van der Waals surface area contributed by atoms with E-state index in [9.17, 15) is 4.79 Å². The molecule has 2 atom stereocenters. The largest absolute Gasteiger partial charge is 0.309 e. The van der Waals surface area contributed by atoms with Gasteiger partial charge < -0.3 is 10.6 Å². The molecule has 4 rings (SSSR count). The van der Waals surface area contributed by atoms with Gasteiger partial charge in [-0.15, -0.1) is 0 Å². The number of anilines is 1. The maximum absolute atomic E-state index is 13.3. The van der Waals surface area contributed by atoms with E-state index < -0.39 is 6.04 Å². The zero-order chi connectivity index (χ0) is 24.6. The standard InChI is InChI=1S/C28H26N6O/c1-19(22-11-9-21(16-29)10-12-22)17-31-27(23-6-4-3-5-7-23)28(35)32-26-15-13-24(18-30-26)25-14-8-20(2)33-34-25/h3-15,18-19,27,31H,17H2,1-2H3,(H,30,32,35). The lowest BCUT2D eigenvalue weighted by molar-refractivity contribution is -0.118. The lowest BCUT2D eigenvalue weighted by atomic mass is 9.98. The fraction of sp³-hybridized carbons (Fsp3) is 0.179. The SMILES string of the molecule is Cc1ccc(-c2ccc(NC(=O)C(NCC(C)c3ccc(C#N)cc3)c3ccccc3)nc2)nn1. The van der Waals surface area contributed by atoms with E-state index in [0.717, 1.165) is 28.1 Å². The number of nitrogens with zero attached hydrogens (tertiary/aromatic N) is 4. The summed E-state index contributed by atoms with van der Waals surface area (Å²) < 4.78 is 0. The molecule has 0 spiro atoms. The van der Waals surface area contributed by atoms with Crippen LogP contribution in [0.5, 0.6) is 0 Å². The van der Waals surface area contributed by atoms with Gasteiger partial charge >= 0.3 is 0 Å². The summed E-state index contributed by atoms with van der Waals surface area (Å²) in [6.07, 6.45) is 1.67. The summed E-state index contributed by atoms with van der Waals surface area (Å²) in [4.78, 5) is 17.7. The van der Waals surface area contributed by atoms with Crippen LogP contribution in [-0.4, -0.2) is 27.6 Å². The number of amides is 1. The van der Waals surface area contributed by atoms with Crippen molar-refractivity contribution in [2.75, 3.05) is 11.9 Å². The van der Waals surface area contributed by atoms with E-state index in [4.69, 9.17) is 5.26 Å². The van der Waals surface area contributed by atoms with Crippen LogP contribution in [0.25, 0.3) is 11.3 Å². The first-order chi connectivity index (χ1) is 17.0. The molecule has 35 heavy (non-hydrogen) atoms. The van der Waals surface area contributed by atoms with Crippen LogP contribution in [0.4, 0.5) is 5.82 Å². The quantitative estimate of drug-likeness (QED) is 0.390. The van der Waals surface area contributed by atoms with Crippen LogP contribution in [-0.2, 0) is 4.79 Å². The van der Waals surface area contributed by atoms with Crippen molar-refractivity contribution in [1.82, 2.24) is 20.5 Å². The van der Waals surface area contributed by atoms with Crippen molar-refractivity contribution >= 4 is 11.7 Å². The van der Waals surface area contributed by atoms with Crippen LogP contribution in [0.1, 0.15) is 41.3 Å². The first-order valence-corrected chi connectivity index (χ1v) is 11.4. The Labute approximate surface area is 204 Å². The Morgan fingerprint density at radius 2 is 1.71 bits per heavy atom. The summed E-state index contributed by atoms with van der Waals surface area (Å²) in [5.41, 5.74) is 4.98. The van der Waals surface area contributed by atoms with Crippen LogP contribution < -0.4 is 10.6 Å². The molecule has 2 aromatic carbocycles. The summed E-state index contributed by atoms with van der Waals surface area (Å²) in [5.74, 6) is 0.412. The van der Waals surface area contributed by atoms with Gasteiger partial charge in [0.1, 0.15) is 11.9 Å². The van der Waals surface area contributed by atoms with Gasteiger partial charge in [-0.2, -0.15) is 15.5 Å². The molecule has 2 aromatic heterocycles. The summed E-state index contributed by atoms with van der Waals surface area (Å²) in [6, 6.07) is 26.1. The third-order valence-electron chi connectivity index (χ3n) is 5.74. The smallest absolute Gasteiger partial charge is 0.247 e. The Hall–Kier alpha value is -4.41. The Bertz CT molecular complexity index is 1300. The second-order valence-corrected chi connectivity index (χ2v) is 8.37. The molecule has 0 saturated heterocycles. The molecule has 1 amide bonds. The summed E-state index contributed by atoms with van der Waals surface area (Å²) in [6.45, 7) is 4.55. The minimum atomic E-state index is -0.554. The number of hydrogen-bond acceptors (Lipinski definition) is 6. The average molecular weight is 463 g/mol. The van der Waals surface area contributed by atoms with Crippen molar-refractivity contribution < 1.29 is 4.79 Å². The highest BCUT2D eigenvalue weighted by atomic mass is 16.2. The lowest BCUT2D eigenvalue weighted by Crippen LogP contribution is -2.35. The van der Waals surface area contributed by atoms with E-state index in [2.05, 4.69) is 38.8 Å². The van der Waals surface area contributed by atoms with E-state index in [1.165, 1.54) is 0 Å². The molecule has 0 bridgehead atoms. The van der Waals surface area contributed by atoms with Crippen LogP contribution in [0.15, 0.2) is 85.1 Å². The number of rotatable bonds is 8. The molecule has 0 fully saturated rings. The number of nitriles is 1. The fourth-order valence-electron chi connectivity index (χ4n) is 3.68. The first kappa shape index (κ1) is 23.7. The lowest BCUT2D eigenvalue weighted by Gasteiger charge is -2.21. The minimum Gasteiger partial charge on any atom is -0.309 e. The van der Waals surface area contributed by atoms with Crippen molar-refractivity contribution in [1.29, 1.82) is 5.26 Å². The molecule has 7 nitrogen and oxygen atoms in total. The highest BCUT2D eigenvalue weighted by molar-refractivity contribution is 5.94. The zero-order valence-electron chi connectivity index (χ0n) is 19.6. The summed E-state index contributed by atoms with van der Waals surface area (Å²) in [5, 5.41) is 23.6. The van der Waals surface area contributed by atoms with Gasteiger partial charge in [0, 0.05) is 18.3 Å². The van der Waals surface area contributed by atoms with Crippen molar-refractivity contribution in [3.8, 4) is 17.3 Å². The molecule has 4 aromatic rings. The minimum absolute atomic E-state index is 0.148. The third kappa shape index (κ3) is 6.14. The second kappa shape index (κ2) is 11.1. The Morgan fingerprint density at radius 1 is 0.943 bits per heavy atom. The number of hydrogen-bond donors (Lipinski definition) is 2. The van der Waals surface area contributed by atoms with Gasteiger partial charge in [-0.1, -0.05) is 49.4 Å². The van der Waals surface area contributed by atoms with Gasteiger partial charge in [0.15, 0.2) is 0 Å². The molecule has 2 N–H and O–H groups in total. The van der Waals surface area contributed by atoms with Crippen LogP contribution in [0.3, 0.4) is 0 Å². The van der Waals surface area contributed by atoms with E-state index >= 15 is 0 Å². The normalized spacial score (nSPS) is 12.4. The van der Waals surface area contributed by atoms with Crippen LogP contribution in [0, 0.1) is 18.3 Å². The van der Waals surface area contributed by atoms with Crippen molar-refractivity contribution in [2.45, 2.75) is 25.8 Å². The van der Waals surface area contributed by atoms with Crippen molar-refractivity contribution in [3.63, 3.8) is 0 Å². The Balaban J connectivity index is 1.46. The van der Waals surface area contributed by atoms with Crippen molar-refractivity contribution in [2.24, 2.45) is 0 Å². The molecular formula is C28H26N6O. The van der Waals surface area contributed by atoms with Crippen LogP contribution in [0.2, 0.25) is 0 Å². The van der Waals surface area contributed by atoms with E-state index in [-0.39, 0.29) is 11.8 Å². The van der Waals surface area contributed by atoms with Crippen LogP contribution >= 0.6 is 0 Å². The molecule has 0 saturated carbocycles. The van der Waals surface area contributed by atoms with Gasteiger partial charge in [0.05, 0.1) is 23.0 Å². The number of aromatic nitrogens is 3. The van der Waals surface area contributed by atoms with Gasteiger partial charge in [-0.3, -0.25) is 4.79 Å². The van der Waals surface area contributed by atoms with Crippen molar-refractivity contribution in [3.05, 3.63) is 107 Å². The monoisotopic (exact) mass is 462 g/mol. The predicted octanol–water partition coefficient (Wildman–Crippen LogP) is 4.79. The molecular weight excluding hydrogens is 436 g/mol. The highest BCUT2D eigenvalue weighted by Crippen LogP contribution is 2.21. The summed E-state index contributed by atoms with van der Waals surface area (Å²) in [7, 11) is 0. The Morgan fingerprint density at radius 3 is 2.34 bits per heavy atom. The van der Waals surface area contributed by atoms with Gasteiger partial charge in [0.2, 0.25) is 5.91 Å². The number of carbonyl (C=O) groups is 1. The number of nitrogens with one attached hydrogen (secondary N) is 2. The van der Waals surface area contributed by atoms with E-state index in [1.54, 1.807) is 12.3 Å². The van der Waals surface area contributed by atoms with Gasteiger partial charge in [-0.05, 0) is 60.4 Å². The average Bonchev–Trinajstić information content (AvgIpc) is 2.90. The van der Waals surface area contributed by atoms with E-state index in [0.29, 0.717) is 17.9 Å². The molecule has 0 aliphatic rings. The number of benzene rings is 2. The highest BCUT2D eigenvalue weighted by Gasteiger charge is 2.21. The third-order valence-corrected chi connectivity index (χ3v) is 5.74. The molecule has 0 aliphatic heterocycles.